The smallest absolute Gasteiger partial charge is 0.242 e. The Balaban J connectivity index is 1.39. The first kappa shape index (κ1) is 18.6. The van der Waals surface area contributed by atoms with E-state index in [1.807, 2.05) is 30.3 Å². The van der Waals surface area contributed by atoms with Gasteiger partial charge < -0.3 is 5.32 Å². The second kappa shape index (κ2) is 6.84. The molecule has 1 aromatic rings. The van der Waals surface area contributed by atoms with Crippen molar-refractivity contribution in [2.75, 3.05) is 24.6 Å². The van der Waals surface area contributed by atoms with Gasteiger partial charge in [0.25, 0.3) is 0 Å². The molecule has 28 heavy (non-hydrogen) atoms. The average Bonchev–Trinajstić information content (AvgIpc) is 2.62. The Morgan fingerprint density at radius 3 is 2.04 bits per heavy atom. The van der Waals surface area contributed by atoms with Crippen LogP contribution in [0.25, 0.3) is 0 Å². The van der Waals surface area contributed by atoms with E-state index in [9.17, 15) is 13.2 Å². The van der Waals surface area contributed by atoms with Gasteiger partial charge in [0, 0.05) is 18.6 Å². The quantitative estimate of drug-likeness (QED) is 0.841. The van der Waals surface area contributed by atoms with Crippen LogP contribution in [-0.2, 0) is 14.6 Å². The summed E-state index contributed by atoms with van der Waals surface area (Å²) >= 11 is 0. The van der Waals surface area contributed by atoms with E-state index >= 15 is 0 Å². The van der Waals surface area contributed by atoms with E-state index in [0.717, 1.165) is 42.6 Å². The van der Waals surface area contributed by atoms with Crippen LogP contribution in [0.3, 0.4) is 0 Å². The lowest BCUT2D eigenvalue weighted by molar-refractivity contribution is -0.132. The van der Waals surface area contributed by atoms with Gasteiger partial charge in [0.2, 0.25) is 5.91 Å². The van der Waals surface area contributed by atoms with Crippen LogP contribution < -0.4 is 5.32 Å². The van der Waals surface area contributed by atoms with Crippen LogP contribution >= 0.6 is 0 Å². The van der Waals surface area contributed by atoms with Crippen molar-refractivity contribution in [3.63, 3.8) is 0 Å². The highest BCUT2D eigenvalue weighted by Gasteiger charge is 2.52. The molecule has 1 aliphatic heterocycles. The highest BCUT2D eigenvalue weighted by atomic mass is 32.2. The monoisotopic (exact) mass is 402 g/mol. The molecule has 1 N–H and O–H groups in total. The van der Waals surface area contributed by atoms with E-state index in [2.05, 4.69) is 10.2 Å². The average molecular weight is 403 g/mol. The lowest BCUT2D eigenvalue weighted by Gasteiger charge is -2.57. The first-order chi connectivity index (χ1) is 13.4. The van der Waals surface area contributed by atoms with E-state index in [1.165, 1.54) is 19.3 Å². The summed E-state index contributed by atoms with van der Waals surface area (Å²) in [5.41, 5.74) is 0.935. The summed E-state index contributed by atoms with van der Waals surface area (Å²) in [7, 11) is -2.97. The van der Waals surface area contributed by atoms with Gasteiger partial charge in [-0.3, -0.25) is 9.69 Å². The normalized spacial score (nSPS) is 37.5. The van der Waals surface area contributed by atoms with E-state index < -0.39 is 15.9 Å². The number of benzene rings is 1. The Kier molecular flexibility index (Phi) is 4.55. The molecule has 6 rings (SSSR count). The van der Waals surface area contributed by atoms with Gasteiger partial charge in [0.05, 0.1) is 11.5 Å². The Morgan fingerprint density at radius 1 is 0.964 bits per heavy atom. The molecule has 0 spiro atoms. The molecule has 1 atom stereocenters. The molecular weight excluding hydrogens is 372 g/mol. The molecule has 4 aliphatic carbocycles. The predicted molar refractivity (Wildman–Crippen MR) is 108 cm³/mol. The lowest BCUT2D eigenvalue weighted by Crippen LogP contribution is -2.61. The molecule has 152 valence electrons. The van der Waals surface area contributed by atoms with E-state index in [-0.39, 0.29) is 23.0 Å². The fraction of sp³-hybridized carbons (Fsp3) is 0.682. The molecule has 1 heterocycles. The van der Waals surface area contributed by atoms with Crippen LogP contribution in [0, 0.1) is 17.8 Å². The minimum absolute atomic E-state index is 0.0271. The largest absolute Gasteiger partial charge is 0.349 e. The summed E-state index contributed by atoms with van der Waals surface area (Å²) in [6, 6.07) is 9.46. The first-order valence-electron chi connectivity index (χ1n) is 10.7. The Morgan fingerprint density at radius 2 is 1.50 bits per heavy atom. The number of nitrogens with zero attached hydrogens (tertiary/aromatic N) is 1. The molecule has 1 unspecified atom stereocenters. The van der Waals surface area contributed by atoms with Gasteiger partial charge in [-0.05, 0) is 61.8 Å². The number of amides is 1. The SMILES string of the molecule is O=C(NC12CC3CC(CC(C3)C1)C2)C(c1ccccc1)N1CCS(=O)(=O)CC1. The van der Waals surface area contributed by atoms with Crippen molar-refractivity contribution in [1.29, 1.82) is 0 Å². The number of sulfone groups is 1. The number of nitrogens with one attached hydrogen (secondary N) is 1. The molecule has 5 aliphatic rings. The van der Waals surface area contributed by atoms with Crippen molar-refractivity contribution in [1.82, 2.24) is 10.2 Å². The van der Waals surface area contributed by atoms with Gasteiger partial charge in [0.15, 0.2) is 9.84 Å². The molecule has 6 heteroatoms. The summed E-state index contributed by atoms with van der Waals surface area (Å²) in [4.78, 5) is 15.6. The summed E-state index contributed by atoms with van der Waals surface area (Å²) in [6.07, 6.45) is 7.42. The van der Waals surface area contributed by atoms with Crippen LogP contribution in [0.5, 0.6) is 0 Å². The van der Waals surface area contributed by atoms with Crippen LogP contribution in [-0.4, -0.2) is 49.4 Å². The molecule has 1 saturated heterocycles. The second-order valence-electron chi connectivity index (χ2n) is 9.69. The summed E-state index contributed by atoms with van der Waals surface area (Å²) in [5.74, 6) is 2.68. The topological polar surface area (TPSA) is 66.5 Å². The predicted octanol–water partition coefficient (Wildman–Crippen LogP) is 2.54. The third-order valence-corrected chi connectivity index (χ3v) is 9.14. The maximum absolute atomic E-state index is 13.6. The lowest BCUT2D eigenvalue weighted by atomic mass is 9.53. The van der Waals surface area contributed by atoms with E-state index in [0.29, 0.717) is 13.1 Å². The molecule has 5 nitrogen and oxygen atoms in total. The van der Waals surface area contributed by atoms with Crippen LogP contribution in [0.1, 0.15) is 50.1 Å². The van der Waals surface area contributed by atoms with Crippen LogP contribution in [0.2, 0.25) is 0 Å². The highest BCUT2D eigenvalue weighted by molar-refractivity contribution is 7.91. The number of rotatable bonds is 4. The molecular formula is C22H30N2O3S. The fourth-order valence-corrected chi connectivity index (χ4v) is 7.97. The minimum atomic E-state index is -2.97. The Hall–Kier alpha value is -1.40. The maximum Gasteiger partial charge on any atom is 0.242 e. The van der Waals surface area contributed by atoms with Gasteiger partial charge in [-0.25, -0.2) is 8.42 Å². The third kappa shape index (κ3) is 3.50. The van der Waals surface area contributed by atoms with Crippen molar-refractivity contribution in [2.45, 2.75) is 50.1 Å². The molecule has 0 aromatic heterocycles. The van der Waals surface area contributed by atoms with E-state index in [1.54, 1.807) is 0 Å². The van der Waals surface area contributed by atoms with Gasteiger partial charge >= 0.3 is 0 Å². The third-order valence-electron chi connectivity index (χ3n) is 7.53. The molecule has 1 amide bonds. The first-order valence-corrected chi connectivity index (χ1v) is 12.5. The number of carbonyl (C=O) groups is 1. The molecule has 4 saturated carbocycles. The number of hydrogen-bond donors (Lipinski definition) is 1. The summed E-state index contributed by atoms with van der Waals surface area (Å²) in [6.45, 7) is 0.854. The van der Waals surface area contributed by atoms with Crippen molar-refractivity contribution in [3.05, 3.63) is 35.9 Å². The zero-order chi connectivity index (χ0) is 19.4. The van der Waals surface area contributed by atoms with Gasteiger partial charge in [-0.2, -0.15) is 0 Å². The van der Waals surface area contributed by atoms with Gasteiger partial charge in [0.1, 0.15) is 6.04 Å². The molecule has 0 radical (unpaired) electrons. The zero-order valence-electron chi connectivity index (χ0n) is 16.3. The minimum Gasteiger partial charge on any atom is -0.349 e. The van der Waals surface area contributed by atoms with Crippen molar-refractivity contribution < 1.29 is 13.2 Å². The van der Waals surface area contributed by atoms with E-state index in [4.69, 9.17) is 0 Å². The zero-order valence-corrected chi connectivity index (χ0v) is 17.2. The summed E-state index contributed by atoms with van der Waals surface area (Å²) < 4.78 is 23.8. The highest BCUT2D eigenvalue weighted by Crippen LogP contribution is 2.55. The molecule has 1 aromatic carbocycles. The van der Waals surface area contributed by atoms with Crippen LogP contribution in [0.4, 0.5) is 0 Å². The Labute approximate surface area is 167 Å². The van der Waals surface area contributed by atoms with Gasteiger partial charge in [-0.15, -0.1) is 0 Å². The second-order valence-corrected chi connectivity index (χ2v) is 12.0. The van der Waals surface area contributed by atoms with Gasteiger partial charge in [-0.1, -0.05) is 30.3 Å². The number of carbonyl (C=O) groups excluding carboxylic acids is 1. The standard InChI is InChI=1S/C22H30N2O3S/c25-21(23-22-13-16-10-17(14-22)12-18(11-16)15-22)20(19-4-2-1-3-5-19)24-6-8-28(26,27)9-7-24/h1-5,16-18,20H,6-15H2,(H,23,25). The van der Waals surface area contributed by atoms with Crippen molar-refractivity contribution in [3.8, 4) is 0 Å². The number of hydrogen-bond acceptors (Lipinski definition) is 4. The Bertz CT molecular complexity index is 803. The van der Waals surface area contributed by atoms with Crippen molar-refractivity contribution in [2.24, 2.45) is 17.8 Å². The molecule has 4 bridgehead atoms. The molecule has 5 fully saturated rings. The van der Waals surface area contributed by atoms with Crippen LogP contribution in [0.15, 0.2) is 30.3 Å². The fourth-order valence-electron chi connectivity index (χ4n) is 6.74. The van der Waals surface area contributed by atoms with Crippen molar-refractivity contribution >= 4 is 15.7 Å². The maximum atomic E-state index is 13.6. The summed E-state index contributed by atoms with van der Waals surface area (Å²) in [5, 5.41) is 3.51.